The van der Waals surface area contributed by atoms with Gasteiger partial charge in [0.15, 0.2) is 0 Å². The second-order valence-electron chi connectivity index (χ2n) is 8.12. The average Bonchev–Trinajstić information content (AvgIpc) is 3.03. The largest absolute Gasteiger partial charge is 0.369 e. The number of fused-ring (bicyclic) bond motifs is 2. The fraction of sp³-hybridized carbons (Fsp3) is 0.650. The second-order valence-corrected chi connectivity index (χ2v) is 8.55. The Morgan fingerprint density at radius 2 is 1.85 bits per heavy atom. The predicted molar refractivity (Wildman–Crippen MR) is 116 cm³/mol. The van der Waals surface area contributed by atoms with Gasteiger partial charge < -0.3 is 16.0 Å². The molecule has 152 valence electrons. The van der Waals surface area contributed by atoms with Gasteiger partial charge in [0, 0.05) is 41.8 Å². The quantitative estimate of drug-likeness (QED) is 0.755. The van der Waals surface area contributed by atoms with Crippen molar-refractivity contribution in [3.63, 3.8) is 0 Å². The number of carbonyl (C=O) groups is 1. The molecule has 1 saturated heterocycles. The molecule has 4 nitrogen and oxygen atoms in total. The lowest BCUT2D eigenvalue weighted by atomic mass is 9.65. The molecule has 0 radical (unpaired) electrons. The Labute approximate surface area is 179 Å². The summed E-state index contributed by atoms with van der Waals surface area (Å²) in [5.74, 6) is 1.52. The van der Waals surface area contributed by atoms with Crippen LogP contribution in [0.2, 0.25) is 5.02 Å². The van der Waals surface area contributed by atoms with E-state index in [1.807, 2.05) is 18.2 Å². The van der Waals surface area contributed by atoms with Crippen LogP contribution in [0.25, 0.3) is 0 Å². The van der Waals surface area contributed by atoms with Crippen molar-refractivity contribution in [1.29, 1.82) is 0 Å². The summed E-state index contributed by atoms with van der Waals surface area (Å²) in [6, 6.07) is 8.51. The molecule has 3 fully saturated rings. The summed E-state index contributed by atoms with van der Waals surface area (Å²) in [5.41, 5.74) is 7.50. The first-order valence-electron chi connectivity index (χ1n) is 9.66. The van der Waals surface area contributed by atoms with Crippen LogP contribution in [-0.4, -0.2) is 31.1 Å². The standard InChI is InChI=1S/C20H28ClN3O.2ClH/c21-16-5-2-6-18(11-16)24-8-7-17(12-24)23-20(25)15-9-13-3-1-4-14(10-15)19(13)22;;/h2,5-6,11,13-15,17,19H,1,3-4,7-10,12,22H2,(H,23,25);2*1H. The summed E-state index contributed by atoms with van der Waals surface area (Å²) in [4.78, 5) is 15.1. The summed E-state index contributed by atoms with van der Waals surface area (Å²) in [7, 11) is 0. The van der Waals surface area contributed by atoms with E-state index in [9.17, 15) is 4.79 Å². The van der Waals surface area contributed by atoms with Crippen molar-refractivity contribution < 1.29 is 4.79 Å². The van der Waals surface area contributed by atoms with Crippen molar-refractivity contribution >= 4 is 48.0 Å². The molecule has 3 N–H and O–H groups in total. The van der Waals surface area contributed by atoms with Crippen LogP contribution in [0.3, 0.4) is 0 Å². The van der Waals surface area contributed by atoms with Crippen molar-refractivity contribution in [2.75, 3.05) is 18.0 Å². The number of halogens is 3. The number of nitrogens with zero attached hydrogens (tertiary/aromatic N) is 1. The van der Waals surface area contributed by atoms with Crippen LogP contribution in [0.1, 0.15) is 38.5 Å². The minimum absolute atomic E-state index is 0. The molecule has 1 aliphatic heterocycles. The van der Waals surface area contributed by atoms with E-state index >= 15 is 0 Å². The SMILES string of the molecule is Cl.Cl.NC1C2CCCC1CC(C(=O)NC1CCN(c3cccc(Cl)c3)C1)C2. The maximum atomic E-state index is 12.8. The first-order valence-corrected chi connectivity index (χ1v) is 10.0. The van der Waals surface area contributed by atoms with E-state index in [2.05, 4.69) is 16.3 Å². The summed E-state index contributed by atoms with van der Waals surface area (Å²) in [5, 5.41) is 4.07. The van der Waals surface area contributed by atoms with Crippen LogP contribution in [0.4, 0.5) is 5.69 Å². The number of amides is 1. The minimum atomic E-state index is 0. The van der Waals surface area contributed by atoms with Crippen molar-refractivity contribution in [3.8, 4) is 0 Å². The minimum Gasteiger partial charge on any atom is -0.369 e. The molecule has 2 aliphatic carbocycles. The predicted octanol–water partition coefficient (Wildman–Crippen LogP) is 4.03. The van der Waals surface area contributed by atoms with Gasteiger partial charge in [-0.3, -0.25) is 4.79 Å². The maximum Gasteiger partial charge on any atom is 0.223 e. The third-order valence-electron chi connectivity index (χ3n) is 6.49. The normalized spacial score (nSPS) is 32.2. The zero-order valence-electron chi connectivity index (χ0n) is 15.5. The lowest BCUT2D eigenvalue weighted by molar-refractivity contribution is -0.128. The number of hydrogen-bond donors (Lipinski definition) is 2. The molecule has 3 atom stereocenters. The zero-order chi connectivity index (χ0) is 17.4. The Morgan fingerprint density at radius 3 is 2.52 bits per heavy atom. The Hall–Kier alpha value is -0.680. The monoisotopic (exact) mass is 433 g/mol. The zero-order valence-corrected chi connectivity index (χ0v) is 17.9. The van der Waals surface area contributed by atoms with Crippen molar-refractivity contribution in [2.45, 2.75) is 50.6 Å². The van der Waals surface area contributed by atoms with Gasteiger partial charge >= 0.3 is 0 Å². The van der Waals surface area contributed by atoms with E-state index < -0.39 is 0 Å². The molecule has 3 aliphatic rings. The molecule has 3 unspecified atom stereocenters. The third kappa shape index (κ3) is 5.03. The molecule has 2 bridgehead atoms. The molecular weight excluding hydrogens is 405 g/mol. The molecule has 1 amide bonds. The van der Waals surface area contributed by atoms with Gasteiger partial charge in [-0.1, -0.05) is 24.1 Å². The van der Waals surface area contributed by atoms with Gasteiger partial charge in [0.25, 0.3) is 0 Å². The van der Waals surface area contributed by atoms with E-state index in [4.69, 9.17) is 17.3 Å². The summed E-state index contributed by atoms with van der Waals surface area (Å²) < 4.78 is 0. The molecule has 1 aromatic rings. The fourth-order valence-electron chi connectivity index (χ4n) is 5.11. The molecule has 27 heavy (non-hydrogen) atoms. The first kappa shape index (κ1) is 22.6. The highest BCUT2D eigenvalue weighted by atomic mass is 35.5. The smallest absolute Gasteiger partial charge is 0.223 e. The van der Waals surface area contributed by atoms with Gasteiger partial charge in [-0.2, -0.15) is 0 Å². The van der Waals surface area contributed by atoms with Gasteiger partial charge in [0.1, 0.15) is 0 Å². The molecule has 4 rings (SSSR count). The number of benzene rings is 1. The lowest BCUT2D eigenvalue weighted by Gasteiger charge is -2.43. The number of nitrogens with two attached hydrogens (primary N) is 1. The van der Waals surface area contributed by atoms with Crippen LogP contribution in [-0.2, 0) is 4.79 Å². The van der Waals surface area contributed by atoms with Crippen LogP contribution in [0.15, 0.2) is 24.3 Å². The van der Waals surface area contributed by atoms with E-state index in [0.717, 1.165) is 43.1 Å². The average molecular weight is 435 g/mol. The number of nitrogens with one attached hydrogen (secondary N) is 1. The molecule has 7 heteroatoms. The summed E-state index contributed by atoms with van der Waals surface area (Å²) in [6.07, 6.45) is 6.65. The van der Waals surface area contributed by atoms with Crippen LogP contribution >= 0.6 is 36.4 Å². The first-order chi connectivity index (χ1) is 12.1. The Balaban J connectivity index is 0.00000131. The van der Waals surface area contributed by atoms with Gasteiger partial charge in [0.05, 0.1) is 0 Å². The number of carbonyl (C=O) groups excluding carboxylic acids is 1. The van der Waals surface area contributed by atoms with Crippen LogP contribution in [0, 0.1) is 17.8 Å². The van der Waals surface area contributed by atoms with Crippen molar-refractivity contribution in [3.05, 3.63) is 29.3 Å². The highest BCUT2D eigenvalue weighted by molar-refractivity contribution is 6.30. The highest BCUT2D eigenvalue weighted by Crippen LogP contribution is 2.42. The van der Waals surface area contributed by atoms with E-state index in [0.29, 0.717) is 17.9 Å². The molecule has 0 spiro atoms. The van der Waals surface area contributed by atoms with Gasteiger partial charge in [-0.05, 0) is 62.1 Å². The molecular formula is C20H30Cl3N3O. The Kier molecular flexibility index (Phi) is 8.11. The number of hydrogen-bond acceptors (Lipinski definition) is 3. The van der Waals surface area contributed by atoms with Crippen LogP contribution in [0.5, 0.6) is 0 Å². The highest BCUT2D eigenvalue weighted by Gasteiger charge is 2.41. The Morgan fingerprint density at radius 1 is 1.15 bits per heavy atom. The third-order valence-corrected chi connectivity index (χ3v) is 6.73. The number of anilines is 1. The van der Waals surface area contributed by atoms with Crippen molar-refractivity contribution in [1.82, 2.24) is 5.32 Å². The molecule has 1 heterocycles. The summed E-state index contributed by atoms with van der Waals surface area (Å²) >= 11 is 6.10. The van der Waals surface area contributed by atoms with Gasteiger partial charge in [-0.15, -0.1) is 24.8 Å². The molecule has 0 aromatic heterocycles. The lowest BCUT2D eigenvalue weighted by Crippen LogP contribution is -2.50. The maximum absolute atomic E-state index is 12.8. The summed E-state index contributed by atoms with van der Waals surface area (Å²) in [6.45, 7) is 1.83. The van der Waals surface area contributed by atoms with E-state index in [-0.39, 0.29) is 42.7 Å². The number of rotatable bonds is 3. The Bertz CT molecular complexity index is 631. The second kappa shape index (κ2) is 9.69. The topological polar surface area (TPSA) is 58.4 Å². The van der Waals surface area contributed by atoms with Gasteiger partial charge in [0.2, 0.25) is 5.91 Å². The van der Waals surface area contributed by atoms with Crippen LogP contribution < -0.4 is 16.0 Å². The van der Waals surface area contributed by atoms with E-state index in [1.165, 1.54) is 19.3 Å². The van der Waals surface area contributed by atoms with E-state index in [1.54, 1.807) is 0 Å². The molecule has 1 aromatic carbocycles. The van der Waals surface area contributed by atoms with Crippen molar-refractivity contribution in [2.24, 2.45) is 23.5 Å². The van der Waals surface area contributed by atoms with Gasteiger partial charge in [-0.25, -0.2) is 0 Å². The fourth-order valence-corrected chi connectivity index (χ4v) is 5.29. The molecule has 2 saturated carbocycles.